The fourth-order valence-electron chi connectivity index (χ4n) is 1.92. The number of ketones is 1. The van der Waals surface area contributed by atoms with Crippen LogP contribution in [-0.4, -0.2) is 33.1 Å². The maximum absolute atomic E-state index is 11.8. The first kappa shape index (κ1) is 11.4. The third-order valence-electron chi connectivity index (χ3n) is 2.80. The first-order valence-electron chi connectivity index (χ1n) is 5.00. The lowest BCUT2D eigenvalue weighted by molar-refractivity contribution is -0.138. The molecule has 0 aromatic heterocycles. The second kappa shape index (κ2) is 3.74. The van der Waals surface area contributed by atoms with Crippen molar-refractivity contribution >= 4 is 11.8 Å². The molecule has 1 aliphatic rings. The molecule has 0 saturated heterocycles. The minimum Gasteiger partial charge on any atom is -0.504 e. The third kappa shape index (κ3) is 1.72. The molecule has 0 aliphatic carbocycles. The maximum atomic E-state index is 11.8. The van der Waals surface area contributed by atoms with Gasteiger partial charge in [-0.1, -0.05) is 0 Å². The summed E-state index contributed by atoms with van der Waals surface area (Å²) in [5.74, 6) is -2.66. The van der Waals surface area contributed by atoms with E-state index in [4.69, 9.17) is 5.11 Å². The molecule has 2 rings (SSSR count). The van der Waals surface area contributed by atoms with E-state index in [9.17, 15) is 19.8 Å². The van der Waals surface area contributed by atoms with Crippen molar-refractivity contribution in [2.45, 2.75) is 19.0 Å². The summed E-state index contributed by atoms with van der Waals surface area (Å²) in [6.07, 6.45) is 0. The standard InChI is InChI=1S/C11H11NO5/c1-4-5-2-7(13)8(14)3-6(5)10(15)9(12-4)11(16)17/h2-4,9,12-14H,1H3,(H,16,17). The summed E-state index contributed by atoms with van der Waals surface area (Å²) in [6.45, 7) is 1.68. The predicted molar refractivity (Wildman–Crippen MR) is 57.1 cm³/mol. The molecular weight excluding hydrogens is 226 g/mol. The van der Waals surface area contributed by atoms with E-state index in [1.165, 1.54) is 6.07 Å². The minimum absolute atomic E-state index is 0.124. The largest absolute Gasteiger partial charge is 0.504 e. The van der Waals surface area contributed by atoms with Crippen LogP contribution in [0.5, 0.6) is 11.5 Å². The first-order valence-corrected chi connectivity index (χ1v) is 5.00. The lowest BCUT2D eigenvalue weighted by atomic mass is 9.89. The fraction of sp³-hybridized carbons (Fsp3) is 0.273. The van der Waals surface area contributed by atoms with Gasteiger partial charge >= 0.3 is 5.97 Å². The number of Topliss-reactive ketones (excluding diaryl/α,β-unsaturated/α-hetero) is 1. The molecule has 90 valence electrons. The number of rotatable bonds is 1. The van der Waals surface area contributed by atoms with Crippen LogP contribution in [-0.2, 0) is 4.79 Å². The highest BCUT2D eigenvalue weighted by molar-refractivity contribution is 6.13. The normalized spacial score (nSPS) is 23.2. The van der Waals surface area contributed by atoms with Crippen molar-refractivity contribution in [1.82, 2.24) is 5.32 Å². The van der Waals surface area contributed by atoms with Crippen molar-refractivity contribution in [3.05, 3.63) is 23.3 Å². The topological polar surface area (TPSA) is 107 Å². The molecule has 17 heavy (non-hydrogen) atoms. The summed E-state index contributed by atoms with van der Waals surface area (Å²) < 4.78 is 0. The molecule has 2 atom stereocenters. The van der Waals surface area contributed by atoms with E-state index in [0.29, 0.717) is 5.56 Å². The van der Waals surface area contributed by atoms with Gasteiger partial charge in [0.25, 0.3) is 0 Å². The van der Waals surface area contributed by atoms with Gasteiger partial charge in [-0.25, -0.2) is 0 Å². The van der Waals surface area contributed by atoms with Crippen molar-refractivity contribution in [3.8, 4) is 11.5 Å². The third-order valence-corrected chi connectivity index (χ3v) is 2.80. The SMILES string of the molecule is CC1NC(C(=O)O)C(=O)c2cc(O)c(O)cc21. The Hall–Kier alpha value is -2.08. The number of carbonyl (C=O) groups excluding carboxylic acids is 1. The zero-order valence-corrected chi connectivity index (χ0v) is 8.97. The van der Waals surface area contributed by atoms with Crippen molar-refractivity contribution in [1.29, 1.82) is 0 Å². The van der Waals surface area contributed by atoms with E-state index in [2.05, 4.69) is 5.32 Å². The molecule has 2 unspecified atom stereocenters. The summed E-state index contributed by atoms with van der Waals surface area (Å²) >= 11 is 0. The molecule has 0 amide bonds. The number of carboxylic acids is 1. The molecular formula is C11H11NO5. The number of phenolic OH excluding ortho intramolecular Hbond substituents is 2. The number of carbonyl (C=O) groups is 2. The Bertz CT molecular complexity index is 511. The summed E-state index contributed by atoms with van der Waals surface area (Å²) in [5.41, 5.74) is 0.599. The molecule has 6 heteroatoms. The average Bonchev–Trinajstić information content (AvgIpc) is 2.25. The van der Waals surface area contributed by atoms with Gasteiger partial charge in [-0.2, -0.15) is 0 Å². The van der Waals surface area contributed by atoms with Gasteiger partial charge in [0.15, 0.2) is 23.3 Å². The number of hydrogen-bond acceptors (Lipinski definition) is 5. The number of benzene rings is 1. The van der Waals surface area contributed by atoms with E-state index < -0.39 is 29.6 Å². The van der Waals surface area contributed by atoms with Gasteiger partial charge in [0, 0.05) is 11.6 Å². The first-order chi connectivity index (χ1) is 7.91. The summed E-state index contributed by atoms with van der Waals surface area (Å²) in [5, 5.41) is 30.2. The highest BCUT2D eigenvalue weighted by Crippen LogP contribution is 2.34. The van der Waals surface area contributed by atoms with Gasteiger partial charge in [0.1, 0.15) is 0 Å². The van der Waals surface area contributed by atoms with Crippen molar-refractivity contribution in [2.24, 2.45) is 0 Å². The van der Waals surface area contributed by atoms with Crippen LogP contribution in [0, 0.1) is 0 Å². The molecule has 0 fully saturated rings. The van der Waals surface area contributed by atoms with Crippen molar-refractivity contribution in [3.63, 3.8) is 0 Å². The minimum atomic E-state index is -1.32. The molecule has 1 aromatic carbocycles. The average molecular weight is 237 g/mol. The van der Waals surface area contributed by atoms with E-state index in [1.54, 1.807) is 6.92 Å². The molecule has 0 spiro atoms. The second-order valence-electron chi connectivity index (χ2n) is 3.95. The maximum Gasteiger partial charge on any atom is 0.328 e. The molecule has 0 radical (unpaired) electrons. The zero-order valence-electron chi connectivity index (χ0n) is 8.97. The molecule has 1 aromatic rings. The van der Waals surface area contributed by atoms with Crippen LogP contribution in [0.2, 0.25) is 0 Å². The second-order valence-corrected chi connectivity index (χ2v) is 3.95. The van der Waals surface area contributed by atoms with Crippen molar-refractivity contribution in [2.75, 3.05) is 0 Å². The molecule has 1 heterocycles. The monoisotopic (exact) mass is 237 g/mol. The van der Waals surface area contributed by atoms with Crippen LogP contribution in [0.3, 0.4) is 0 Å². The number of fused-ring (bicyclic) bond motifs is 1. The van der Waals surface area contributed by atoms with Gasteiger partial charge in [0.05, 0.1) is 0 Å². The van der Waals surface area contributed by atoms with E-state index >= 15 is 0 Å². The van der Waals surface area contributed by atoms with Crippen LogP contribution < -0.4 is 5.32 Å². The zero-order chi connectivity index (χ0) is 12.7. The Labute approximate surface area is 96.5 Å². The predicted octanol–water partition coefficient (Wildman–Crippen LogP) is 0.398. The molecule has 6 nitrogen and oxygen atoms in total. The number of aliphatic carboxylic acids is 1. The fourth-order valence-corrected chi connectivity index (χ4v) is 1.92. The quantitative estimate of drug-likeness (QED) is 0.416. The van der Waals surface area contributed by atoms with Gasteiger partial charge in [0.2, 0.25) is 0 Å². The van der Waals surface area contributed by atoms with E-state index in [1.807, 2.05) is 0 Å². The lowest BCUT2D eigenvalue weighted by Gasteiger charge is -2.27. The van der Waals surface area contributed by atoms with Gasteiger partial charge in [-0.05, 0) is 24.6 Å². The number of aromatic hydroxyl groups is 2. The van der Waals surface area contributed by atoms with Crippen LogP contribution in [0.15, 0.2) is 12.1 Å². The molecule has 4 N–H and O–H groups in total. The highest BCUT2D eigenvalue weighted by atomic mass is 16.4. The number of hydrogen-bond donors (Lipinski definition) is 4. The van der Waals surface area contributed by atoms with Crippen molar-refractivity contribution < 1.29 is 24.9 Å². The molecule has 1 aliphatic heterocycles. The van der Waals surface area contributed by atoms with Gasteiger partial charge in [-0.3, -0.25) is 14.9 Å². The van der Waals surface area contributed by atoms with Crippen LogP contribution in [0.4, 0.5) is 0 Å². The van der Waals surface area contributed by atoms with E-state index in [0.717, 1.165) is 6.07 Å². The summed E-state index contributed by atoms with van der Waals surface area (Å²) in [7, 11) is 0. The van der Waals surface area contributed by atoms with Gasteiger partial charge in [-0.15, -0.1) is 0 Å². The Morgan fingerprint density at radius 3 is 2.47 bits per heavy atom. The Morgan fingerprint density at radius 2 is 1.88 bits per heavy atom. The number of phenols is 2. The Kier molecular flexibility index (Phi) is 2.51. The summed E-state index contributed by atoms with van der Waals surface area (Å²) in [6, 6.07) is 0.648. The number of nitrogens with one attached hydrogen (secondary N) is 1. The van der Waals surface area contributed by atoms with E-state index in [-0.39, 0.29) is 11.3 Å². The molecule has 0 saturated carbocycles. The van der Waals surface area contributed by atoms with Crippen LogP contribution in [0.1, 0.15) is 28.9 Å². The highest BCUT2D eigenvalue weighted by Gasteiger charge is 2.36. The lowest BCUT2D eigenvalue weighted by Crippen LogP contribution is -2.48. The Morgan fingerprint density at radius 1 is 1.29 bits per heavy atom. The van der Waals surface area contributed by atoms with Crippen LogP contribution >= 0.6 is 0 Å². The summed E-state index contributed by atoms with van der Waals surface area (Å²) in [4.78, 5) is 22.7. The smallest absolute Gasteiger partial charge is 0.328 e. The van der Waals surface area contributed by atoms with Gasteiger partial charge < -0.3 is 15.3 Å². The van der Waals surface area contributed by atoms with Crippen LogP contribution in [0.25, 0.3) is 0 Å². The molecule has 0 bridgehead atoms. The number of carboxylic acid groups (broad SMARTS) is 1. The Balaban J connectivity index is 2.57.